The van der Waals surface area contributed by atoms with Gasteiger partial charge in [-0.25, -0.2) is 8.42 Å². The Morgan fingerprint density at radius 2 is 1.81 bits per heavy atom. The van der Waals surface area contributed by atoms with Crippen molar-refractivity contribution in [2.45, 2.75) is 22.6 Å². The van der Waals surface area contributed by atoms with Crippen molar-refractivity contribution in [2.75, 3.05) is 12.4 Å². The van der Waals surface area contributed by atoms with Crippen LogP contribution >= 0.6 is 11.3 Å². The largest absolute Gasteiger partial charge is 0.496 e. The quantitative estimate of drug-likeness (QED) is 0.662. The average Bonchev–Trinajstić information content (AvgIpc) is 3.20. The molecule has 1 aliphatic carbocycles. The Morgan fingerprint density at radius 1 is 1.07 bits per heavy atom. The van der Waals surface area contributed by atoms with Crippen LogP contribution in [-0.4, -0.2) is 27.0 Å². The first-order valence-corrected chi connectivity index (χ1v) is 10.8. The van der Waals surface area contributed by atoms with E-state index in [4.69, 9.17) is 4.74 Å². The van der Waals surface area contributed by atoms with Crippen molar-refractivity contribution >= 4 is 43.7 Å². The summed E-state index contributed by atoms with van der Waals surface area (Å²) in [4.78, 5) is 12.9. The zero-order valence-corrected chi connectivity index (χ0v) is 16.2. The van der Waals surface area contributed by atoms with Gasteiger partial charge in [0.25, 0.3) is 10.0 Å². The Kier molecular flexibility index (Phi) is 4.41. The number of nitrogens with one attached hydrogen (secondary N) is 2. The molecular weight excluding hydrogens is 384 g/mol. The third-order valence-corrected chi connectivity index (χ3v) is 7.56. The number of hydrogen-bond acceptors (Lipinski definition) is 5. The van der Waals surface area contributed by atoms with Crippen LogP contribution in [0.1, 0.15) is 12.8 Å². The van der Waals surface area contributed by atoms with Crippen LogP contribution in [0.25, 0.3) is 10.8 Å². The molecule has 1 saturated carbocycles. The summed E-state index contributed by atoms with van der Waals surface area (Å²) in [6, 6.07) is 14.3. The minimum Gasteiger partial charge on any atom is -0.496 e. The highest BCUT2D eigenvalue weighted by Crippen LogP contribution is 2.39. The standard InChI is InChI=1S/C19H18N2O4S2/c1-25-16-9-8-15(13-5-2-3-6-14(13)16)20-18(22)19(10-11-19)21-27(23,24)17-7-4-12-26-17/h2-9,12,21H,10-11H2,1H3,(H,20,22). The maximum atomic E-state index is 12.9. The van der Waals surface area contributed by atoms with E-state index in [0.717, 1.165) is 22.1 Å². The molecule has 1 fully saturated rings. The molecule has 2 N–H and O–H groups in total. The summed E-state index contributed by atoms with van der Waals surface area (Å²) in [5, 5.41) is 6.29. The second-order valence-electron chi connectivity index (χ2n) is 6.43. The Hall–Kier alpha value is -2.42. The number of hydrogen-bond donors (Lipinski definition) is 2. The number of thiophene rings is 1. The molecule has 1 aliphatic rings. The van der Waals surface area contributed by atoms with Gasteiger partial charge in [0.05, 0.1) is 7.11 Å². The van der Waals surface area contributed by atoms with Crippen molar-refractivity contribution in [3.05, 3.63) is 53.9 Å². The lowest BCUT2D eigenvalue weighted by atomic mass is 10.1. The molecule has 0 aliphatic heterocycles. The molecule has 0 saturated heterocycles. The van der Waals surface area contributed by atoms with Crippen molar-refractivity contribution in [1.29, 1.82) is 0 Å². The predicted octanol–water partition coefficient (Wildman–Crippen LogP) is 3.36. The summed E-state index contributed by atoms with van der Waals surface area (Å²) < 4.78 is 33.2. The number of benzene rings is 2. The molecule has 0 radical (unpaired) electrons. The summed E-state index contributed by atoms with van der Waals surface area (Å²) in [5.74, 6) is 0.362. The Balaban J connectivity index is 1.61. The van der Waals surface area contributed by atoms with E-state index in [2.05, 4.69) is 10.0 Å². The first-order chi connectivity index (χ1) is 13.0. The maximum absolute atomic E-state index is 12.9. The number of rotatable bonds is 6. The second-order valence-corrected chi connectivity index (χ2v) is 9.29. The number of amides is 1. The fraction of sp³-hybridized carbons (Fsp3) is 0.211. The molecule has 4 rings (SSSR count). The van der Waals surface area contributed by atoms with Crippen LogP contribution in [0.5, 0.6) is 5.75 Å². The Morgan fingerprint density at radius 3 is 2.44 bits per heavy atom. The number of fused-ring (bicyclic) bond motifs is 1. The molecule has 0 atom stereocenters. The van der Waals surface area contributed by atoms with Gasteiger partial charge in [-0.3, -0.25) is 4.79 Å². The summed E-state index contributed by atoms with van der Waals surface area (Å²) >= 11 is 1.12. The van der Waals surface area contributed by atoms with Crippen molar-refractivity contribution in [1.82, 2.24) is 4.72 Å². The molecule has 6 nitrogen and oxygen atoms in total. The smallest absolute Gasteiger partial charge is 0.251 e. The van der Waals surface area contributed by atoms with Crippen LogP contribution in [-0.2, 0) is 14.8 Å². The number of methoxy groups -OCH3 is 1. The molecule has 0 spiro atoms. The zero-order valence-electron chi connectivity index (χ0n) is 14.6. The topological polar surface area (TPSA) is 84.5 Å². The fourth-order valence-corrected chi connectivity index (χ4v) is 5.44. The molecule has 3 aromatic rings. The van der Waals surface area contributed by atoms with E-state index in [9.17, 15) is 13.2 Å². The fourth-order valence-electron chi connectivity index (χ4n) is 3.02. The molecule has 0 unspecified atom stereocenters. The number of carbonyl (C=O) groups is 1. The van der Waals surface area contributed by atoms with Gasteiger partial charge in [-0.1, -0.05) is 30.3 Å². The maximum Gasteiger partial charge on any atom is 0.251 e. The lowest BCUT2D eigenvalue weighted by molar-refractivity contribution is -0.118. The Labute approximate surface area is 161 Å². The highest BCUT2D eigenvalue weighted by atomic mass is 32.2. The number of sulfonamides is 1. The summed E-state index contributed by atoms with van der Waals surface area (Å²) in [6.07, 6.45) is 0.940. The lowest BCUT2D eigenvalue weighted by Gasteiger charge is -2.18. The molecular formula is C19H18N2O4S2. The van der Waals surface area contributed by atoms with Gasteiger partial charge in [-0.15, -0.1) is 11.3 Å². The van der Waals surface area contributed by atoms with Crippen molar-refractivity contribution in [2.24, 2.45) is 0 Å². The minimum atomic E-state index is -3.71. The SMILES string of the molecule is COc1ccc(NC(=O)C2(NS(=O)(=O)c3cccs3)CC2)c2ccccc12. The van der Waals surface area contributed by atoms with Gasteiger partial charge in [0.1, 0.15) is 15.5 Å². The molecule has 2 aromatic carbocycles. The predicted molar refractivity (Wildman–Crippen MR) is 106 cm³/mol. The van der Waals surface area contributed by atoms with Crippen LogP contribution < -0.4 is 14.8 Å². The highest BCUT2D eigenvalue weighted by molar-refractivity contribution is 7.91. The van der Waals surface area contributed by atoms with Gasteiger partial charge in [0, 0.05) is 16.5 Å². The number of ether oxygens (including phenoxy) is 1. The molecule has 140 valence electrons. The van der Waals surface area contributed by atoms with E-state index >= 15 is 0 Å². The van der Waals surface area contributed by atoms with E-state index in [-0.39, 0.29) is 10.1 Å². The van der Waals surface area contributed by atoms with Crippen molar-refractivity contribution in [3.63, 3.8) is 0 Å². The van der Waals surface area contributed by atoms with Gasteiger partial charge in [-0.2, -0.15) is 4.72 Å². The van der Waals surface area contributed by atoms with Gasteiger partial charge >= 0.3 is 0 Å². The average molecular weight is 402 g/mol. The van der Waals surface area contributed by atoms with Crippen LogP contribution in [0.3, 0.4) is 0 Å². The molecule has 1 heterocycles. The van der Waals surface area contributed by atoms with E-state index in [1.165, 1.54) is 6.07 Å². The third kappa shape index (κ3) is 3.31. The van der Waals surface area contributed by atoms with Crippen LogP contribution in [0.4, 0.5) is 5.69 Å². The van der Waals surface area contributed by atoms with E-state index in [1.807, 2.05) is 24.3 Å². The van der Waals surface area contributed by atoms with Crippen LogP contribution in [0.15, 0.2) is 58.1 Å². The lowest BCUT2D eigenvalue weighted by Crippen LogP contribution is -2.45. The summed E-state index contributed by atoms with van der Waals surface area (Å²) in [5.41, 5.74) is -0.470. The van der Waals surface area contributed by atoms with Crippen LogP contribution in [0.2, 0.25) is 0 Å². The number of anilines is 1. The van der Waals surface area contributed by atoms with E-state index < -0.39 is 15.6 Å². The van der Waals surface area contributed by atoms with E-state index in [0.29, 0.717) is 24.3 Å². The monoisotopic (exact) mass is 402 g/mol. The van der Waals surface area contributed by atoms with Crippen molar-refractivity contribution < 1.29 is 17.9 Å². The van der Waals surface area contributed by atoms with Gasteiger partial charge < -0.3 is 10.1 Å². The molecule has 0 bridgehead atoms. The zero-order chi connectivity index (χ0) is 19.1. The van der Waals surface area contributed by atoms with Crippen LogP contribution in [0, 0.1) is 0 Å². The van der Waals surface area contributed by atoms with Gasteiger partial charge in [-0.05, 0) is 36.4 Å². The summed E-state index contributed by atoms with van der Waals surface area (Å²) in [7, 11) is -2.12. The number of carbonyl (C=O) groups excluding carboxylic acids is 1. The normalized spacial score (nSPS) is 15.4. The van der Waals surface area contributed by atoms with Crippen molar-refractivity contribution in [3.8, 4) is 5.75 Å². The third-order valence-electron chi connectivity index (χ3n) is 4.63. The minimum absolute atomic E-state index is 0.205. The first kappa shape index (κ1) is 18.0. The first-order valence-electron chi connectivity index (χ1n) is 8.40. The summed E-state index contributed by atoms with van der Waals surface area (Å²) in [6.45, 7) is 0. The molecule has 1 amide bonds. The molecule has 1 aromatic heterocycles. The van der Waals surface area contributed by atoms with Gasteiger partial charge in [0.2, 0.25) is 5.91 Å². The molecule has 8 heteroatoms. The second kappa shape index (κ2) is 6.63. The molecule has 27 heavy (non-hydrogen) atoms. The van der Waals surface area contributed by atoms with E-state index in [1.54, 1.807) is 30.7 Å². The highest BCUT2D eigenvalue weighted by Gasteiger charge is 2.53. The van der Waals surface area contributed by atoms with Gasteiger partial charge in [0.15, 0.2) is 0 Å². The Bertz CT molecular complexity index is 1100.